The first-order valence-electron chi connectivity index (χ1n) is 9.57. The van der Waals surface area contributed by atoms with Crippen molar-refractivity contribution in [1.82, 2.24) is 14.5 Å². The summed E-state index contributed by atoms with van der Waals surface area (Å²) in [5.74, 6) is -1.04. The number of fused-ring (bicyclic) bond motifs is 1. The van der Waals surface area contributed by atoms with Crippen LogP contribution in [0.3, 0.4) is 0 Å². The first-order chi connectivity index (χ1) is 14.4. The lowest BCUT2D eigenvalue weighted by atomic mass is 10.0. The summed E-state index contributed by atoms with van der Waals surface area (Å²) in [5.41, 5.74) is 1.31. The molecule has 1 aliphatic rings. The molecular weight excluding hydrogens is 452 g/mol. The van der Waals surface area contributed by atoms with E-state index in [-0.39, 0.29) is 6.54 Å². The van der Waals surface area contributed by atoms with E-state index in [1.165, 1.54) is 0 Å². The number of anilines is 1. The van der Waals surface area contributed by atoms with Gasteiger partial charge in [-0.15, -0.1) is 0 Å². The van der Waals surface area contributed by atoms with Gasteiger partial charge in [-0.2, -0.15) is 0 Å². The van der Waals surface area contributed by atoms with Crippen LogP contribution >= 0.6 is 15.9 Å². The van der Waals surface area contributed by atoms with Crippen molar-refractivity contribution in [3.05, 3.63) is 58.8 Å². The highest BCUT2D eigenvalue weighted by Crippen LogP contribution is 2.33. The lowest BCUT2D eigenvalue weighted by molar-refractivity contribution is -0.143. The highest BCUT2D eigenvalue weighted by molar-refractivity contribution is 9.10. The van der Waals surface area contributed by atoms with Gasteiger partial charge in [0.25, 0.3) is 0 Å². The van der Waals surface area contributed by atoms with Gasteiger partial charge in [0.2, 0.25) is 0 Å². The summed E-state index contributed by atoms with van der Waals surface area (Å²) in [5, 5.41) is 20.1. The zero-order valence-corrected chi connectivity index (χ0v) is 17.7. The third-order valence-corrected chi connectivity index (χ3v) is 5.85. The van der Waals surface area contributed by atoms with E-state index in [4.69, 9.17) is 0 Å². The highest BCUT2D eigenvalue weighted by atomic mass is 79.9. The van der Waals surface area contributed by atoms with E-state index in [2.05, 4.69) is 25.8 Å². The predicted octanol–water partition coefficient (Wildman–Crippen LogP) is 2.83. The Balaban J connectivity index is 1.65. The molecule has 2 aromatic heterocycles. The number of hydrogen-bond acceptors (Lipinski definition) is 5. The number of carboxylic acids is 2. The fraction of sp³-hybridized carbons (Fsp3) is 0.286. The molecule has 156 valence electrons. The fourth-order valence-corrected chi connectivity index (χ4v) is 4.39. The first kappa shape index (κ1) is 20.4. The summed E-state index contributed by atoms with van der Waals surface area (Å²) in [6.07, 6.45) is 3.41. The molecule has 0 amide bonds. The molecule has 0 aliphatic carbocycles. The third kappa shape index (κ3) is 4.03. The van der Waals surface area contributed by atoms with Crippen LogP contribution in [-0.2, 0) is 16.1 Å². The second-order valence-electron chi connectivity index (χ2n) is 7.22. The molecule has 8 nitrogen and oxygen atoms in total. The number of benzene rings is 1. The molecule has 1 fully saturated rings. The highest BCUT2D eigenvalue weighted by Gasteiger charge is 2.33. The van der Waals surface area contributed by atoms with Crippen molar-refractivity contribution in [1.29, 1.82) is 0 Å². The number of hydrogen-bond donors (Lipinski definition) is 2. The van der Waals surface area contributed by atoms with Crippen molar-refractivity contribution >= 4 is 44.6 Å². The summed E-state index contributed by atoms with van der Waals surface area (Å²) in [4.78, 5) is 32.0. The van der Waals surface area contributed by atoms with Crippen molar-refractivity contribution < 1.29 is 19.8 Å². The normalized spacial score (nSPS) is 16.0. The van der Waals surface area contributed by atoms with Crippen LogP contribution in [0.4, 0.5) is 5.82 Å². The Kier molecular flexibility index (Phi) is 5.74. The first-order valence-corrected chi connectivity index (χ1v) is 10.4. The van der Waals surface area contributed by atoms with Gasteiger partial charge in [0.1, 0.15) is 18.4 Å². The molecule has 1 aliphatic heterocycles. The quantitative estimate of drug-likeness (QED) is 0.568. The van der Waals surface area contributed by atoms with E-state index < -0.39 is 18.0 Å². The maximum absolute atomic E-state index is 12.3. The largest absolute Gasteiger partial charge is 0.480 e. The topological polar surface area (TPSA) is 98.9 Å². The molecule has 1 atom stereocenters. The van der Waals surface area contributed by atoms with E-state index in [1.807, 2.05) is 41.3 Å². The number of aliphatic carboxylic acids is 2. The molecule has 3 heterocycles. The summed E-state index contributed by atoms with van der Waals surface area (Å²) >= 11 is 3.44. The van der Waals surface area contributed by atoms with Gasteiger partial charge in [-0.1, -0.05) is 22.0 Å². The third-order valence-electron chi connectivity index (χ3n) is 5.36. The van der Waals surface area contributed by atoms with Gasteiger partial charge in [0, 0.05) is 59.5 Å². The number of piperazine rings is 1. The number of aromatic nitrogens is 2. The van der Waals surface area contributed by atoms with Crippen LogP contribution in [0.15, 0.2) is 53.3 Å². The van der Waals surface area contributed by atoms with Gasteiger partial charge in [-0.05, 0) is 30.3 Å². The molecule has 2 N–H and O–H groups in total. The lowest BCUT2D eigenvalue weighted by Crippen LogP contribution is -2.49. The second-order valence-corrected chi connectivity index (χ2v) is 8.13. The molecule has 1 aromatic carbocycles. The number of pyridine rings is 1. The Bertz CT molecular complexity index is 1080. The smallest absolute Gasteiger partial charge is 0.325 e. The van der Waals surface area contributed by atoms with Crippen molar-refractivity contribution in [2.75, 3.05) is 31.1 Å². The standard InChI is InChI=1S/C21H21BrN4O4/c22-14-4-5-17-15(11-14)16(12-26(17)13-19(27)28)20(21(29)30)25-9-7-24(8-10-25)18-3-1-2-6-23-18/h1-6,11-12,20H,7-10,13H2,(H,27,28)(H,29,30). The fourth-order valence-electron chi connectivity index (χ4n) is 4.03. The minimum absolute atomic E-state index is 0.224. The van der Waals surface area contributed by atoms with Gasteiger partial charge in [0.05, 0.1) is 0 Å². The number of nitrogens with zero attached hydrogens (tertiary/aromatic N) is 4. The van der Waals surface area contributed by atoms with Gasteiger partial charge in [-0.3, -0.25) is 14.5 Å². The van der Waals surface area contributed by atoms with E-state index in [0.717, 1.165) is 15.7 Å². The monoisotopic (exact) mass is 472 g/mol. The summed E-state index contributed by atoms with van der Waals surface area (Å²) < 4.78 is 2.41. The molecule has 1 unspecified atom stereocenters. The Labute approximate surface area is 181 Å². The maximum atomic E-state index is 12.3. The SMILES string of the molecule is O=C(O)Cn1cc(C(C(=O)O)N2CCN(c3ccccn3)CC2)c2cc(Br)ccc21. The number of carboxylic acid groups (broad SMARTS) is 2. The number of rotatable bonds is 6. The molecule has 0 saturated carbocycles. The molecule has 3 aromatic rings. The Morgan fingerprint density at radius 1 is 1.10 bits per heavy atom. The molecule has 4 rings (SSSR count). The van der Waals surface area contributed by atoms with Gasteiger partial charge < -0.3 is 19.7 Å². The van der Waals surface area contributed by atoms with Crippen molar-refractivity contribution in [2.45, 2.75) is 12.6 Å². The summed E-state index contributed by atoms with van der Waals surface area (Å²) in [6, 6.07) is 10.4. The second kappa shape index (κ2) is 8.45. The van der Waals surface area contributed by atoms with Gasteiger partial charge >= 0.3 is 11.9 Å². The van der Waals surface area contributed by atoms with Gasteiger partial charge in [-0.25, -0.2) is 4.98 Å². The van der Waals surface area contributed by atoms with Gasteiger partial charge in [0.15, 0.2) is 0 Å². The van der Waals surface area contributed by atoms with Crippen LogP contribution in [0.1, 0.15) is 11.6 Å². The van der Waals surface area contributed by atoms with Crippen molar-refractivity contribution in [3.8, 4) is 0 Å². The zero-order valence-electron chi connectivity index (χ0n) is 16.1. The maximum Gasteiger partial charge on any atom is 0.325 e. The van der Waals surface area contributed by atoms with E-state index in [1.54, 1.807) is 17.0 Å². The Hall–Kier alpha value is -2.91. The van der Waals surface area contributed by atoms with E-state index in [0.29, 0.717) is 37.3 Å². The van der Waals surface area contributed by atoms with E-state index >= 15 is 0 Å². The van der Waals surface area contributed by atoms with Crippen LogP contribution in [0.25, 0.3) is 10.9 Å². The van der Waals surface area contributed by atoms with Crippen LogP contribution in [0, 0.1) is 0 Å². The average molecular weight is 473 g/mol. The molecule has 0 radical (unpaired) electrons. The van der Waals surface area contributed by atoms with Crippen LogP contribution in [0.2, 0.25) is 0 Å². The molecule has 0 spiro atoms. The lowest BCUT2D eigenvalue weighted by Gasteiger charge is -2.38. The number of carbonyl (C=O) groups is 2. The zero-order chi connectivity index (χ0) is 21.3. The molecular formula is C21H21BrN4O4. The molecule has 9 heteroatoms. The van der Waals surface area contributed by atoms with Crippen LogP contribution in [0.5, 0.6) is 0 Å². The Morgan fingerprint density at radius 3 is 2.50 bits per heavy atom. The summed E-state index contributed by atoms with van der Waals surface area (Å²) in [6.45, 7) is 2.23. The molecule has 1 saturated heterocycles. The van der Waals surface area contributed by atoms with Crippen LogP contribution < -0.4 is 4.90 Å². The van der Waals surface area contributed by atoms with Crippen molar-refractivity contribution in [2.24, 2.45) is 0 Å². The summed E-state index contributed by atoms with van der Waals surface area (Å²) in [7, 11) is 0. The Morgan fingerprint density at radius 2 is 1.87 bits per heavy atom. The van der Waals surface area contributed by atoms with Crippen molar-refractivity contribution in [3.63, 3.8) is 0 Å². The molecule has 0 bridgehead atoms. The number of halogens is 1. The average Bonchev–Trinajstić information content (AvgIpc) is 3.05. The minimum atomic E-state index is -0.975. The minimum Gasteiger partial charge on any atom is -0.480 e. The van der Waals surface area contributed by atoms with E-state index in [9.17, 15) is 19.8 Å². The van der Waals surface area contributed by atoms with Crippen LogP contribution in [-0.4, -0.2) is 62.8 Å². The predicted molar refractivity (Wildman–Crippen MR) is 116 cm³/mol. The molecule has 30 heavy (non-hydrogen) atoms.